The van der Waals surface area contributed by atoms with Crippen molar-refractivity contribution in [1.29, 1.82) is 0 Å². The molecule has 2 aliphatic rings. The molecule has 1 heterocycles. The lowest BCUT2D eigenvalue weighted by atomic mass is 9.77. The number of allylic oxidation sites excluding steroid dienone is 3. The molecule has 4 N–H and O–H groups in total. The number of nitrogens with one attached hydrogen (secondary N) is 1. The van der Waals surface area contributed by atoms with Gasteiger partial charge in [-0.25, -0.2) is 17.5 Å². The molecule has 1 saturated heterocycles. The lowest BCUT2D eigenvalue weighted by Crippen LogP contribution is -2.55. The first kappa shape index (κ1) is 37.9. The number of amides is 1. The molecule has 266 valence electrons. The van der Waals surface area contributed by atoms with Gasteiger partial charge < -0.3 is 20.2 Å². The van der Waals surface area contributed by atoms with Gasteiger partial charge in [0, 0.05) is 18.7 Å². The van der Waals surface area contributed by atoms with E-state index in [-0.39, 0.29) is 42.5 Å². The number of nitrogens with zero attached hydrogens (tertiary/aromatic N) is 1. The van der Waals surface area contributed by atoms with Crippen LogP contribution in [0.2, 0.25) is 0 Å². The lowest BCUT2D eigenvalue weighted by molar-refractivity contribution is -0.154. The maximum atomic E-state index is 13.7. The summed E-state index contributed by atoms with van der Waals surface area (Å²) in [5.41, 5.74) is 4.57. The zero-order chi connectivity index (χ0) is 35.7. The number of aryl methyl sites for hydroxylation is 2. The molecule has 0 aromatic heterocycles. The molecule has 1 fully saturated rings. The molecule has 0 radical (unpaired) electrons. The Hall–Kier alpha value is -3.87. The van der Waals surface area contributed by atoms with Crippen LogP contribution in [0.3, 0.4) is 0 Å². The number of hydrogen-bond donors (Lipinski definition) is 4. The van der Waals surface area contributed by atoms with Crippen LogP contribution in [0.4, 0.5) is 10.1 Å². The van der Waals surface area contributed by atoms with Crippen molar-refractivity contribution in [2.75, 3.05) is 17.7 Å². The minimum atomic E-state index is -3.21. The van der Waals surface area contributed by atoms with E-state index in [4.69, 9.17) is 10.2 Å². The number of aliphatic hydroxyl groups is 1. The number of carboxylic acids is 2. The maximum absolute atomic E-state index is 13.7. The molecular formula is C37H47FN2O8S. The molecule has 4 atom stereocenters. The van der Waals surface area contributed by atoms with Gasteiger partial charge in [0.25, 0.3) is 0 Å². The topological polar surface area (TPSA) is 161 Å². The Bertz CT molecular complexity index is 1630. The molecule has 4 rings (SSSR count). The normalized spacial score (nSPS) is 20.1. The van der Waals surface area contributed by atoms with E-state index >= 15 is 0 Å². The molecule has 1 amide bonds. The predicted molar refractivity (Wildman–Crippen MR) is 185 cm³/mol. The molecule has 2 aromatic rings. The SMILES string of the molecule is CC1CC(F)=CC=C1C(O)CCC1C(=O)N(c2ccc(CCCCNS(C)(=O)=O)cc2)C1c1ccc(CCCCC(C(=O)O)C(=O)O)cc1. The fourth-order valence-electron chi connectivity index (χ4n) is 6.72. The summed E-state index contributed by atoms with van der Waals surface area (Å²) in [4.78, 5) is 37.8. The van der Waals surface area contributed by atoms with Gasteiger partial charge in [0.15, 0.2) is 5.92 Å². The molecule has 2 aromatic carbocycles. The number of anilines is 1. The second-order valence-electron chi connectivity index (χ2n) is 13.2. The van der Waals surface area contributed by atoms with Crippen LogP contribution in [-0.4, -0.2) is 60.5 Å². The van der Waals surface area contributed by atoms with Gasteiger partial charge in [0.2, 0.25) is 15.9 Å². The van der Waals surface area contributed by atoms with E-state index in [0.717, 1.165) is 47.0 Å². The number of carbonyl (C=O) groups excluding carboxylic acids is 1. The monoisotopic (exact) mass is 698 g/mol. The summed E-state index contributed by atoms with van der Waals surface area (Å²) in [7, 11) is -3.21. The van der Waals surface area contributed by atoms with Gasteiger partial charge in [-0.2, -0.15) is 0 Å². The van der Waals surface area contributed by atoms with Crippen molar-refractivity contribution < 1.29 is 42.5 Å². The Morgan fingerprint density at radius 1 is 0.918 bits per heavy atom. The molecule has 10 nitrogen and oxygen atoms in total. The Labute approximate surface area is 287 Å². The number of carboxylic acid groups (broad SMARTS) is 2. The van der Waals surface area contributed by atoms with Crippen molar-refractivity contribution in [2.45, 2.75) is 83.3 Å². The largest absolute Gasteiger partial charge is 0.481 e. The van der Waals surface area contributed by atoms with Crippen molar-refractivity contribution in [2.24, 2.45) is 17.8 Å². The third-order valence-corrected chi connectivity index (χ3v) is 10.2. The van der Waals surface area contributed by atoms with Gasteiger partial charge in [0.05, 0.1) is 24.3 Å². The quantitative estimate of drug-likeness (QED) is 0.0823. The summed E-state index contributed by atoms with van der Waals surface area (Å²) in [6.45, 7) is 2.27. The van der Waals surface area contributed by atoms with Crippen molar-refractivity contribution in [3.8, 4) is 0 Å². The Morgan fingerprint density at radius 3 is 2.08 bits per heavy atom. The molecule has 12 heteroatoms. The van der Waals surface area contributed by atoms with E-state index < -0.39 is 34.0 Å². The first-order chi connectivity index (χ1) is 23.2. The summed E-state index contributed by atoms with van der Waals surface area (Å²) >= 11 is 0. The summed E-state index contributed by atoms with van der Waals surface area (Å²) in [6.07, 6.45) is 8.57. The number of aliphatic hydroxyl groups excluding tert-OH is 1. The van der Waals surface area contributed by atoms with Gasteiger partial charge in [-0.3, -0.25) is 14.4 Å². The highest BCUT2D eigenvalue weighted by Gasteiger charge is 2.48. The second-order valence-corrected chi connectivity index (χ2v) is 15.1. The Kier molecular flexibility index (Phi) is 13.3. The number of halogens is 1. The smallest absolute Gasteiger partial charge is 0.317 e. The van der Waals surface area contributed by atoms with Crippen LogP contribution in [0.25, 0.3) is 0 Å². The first-order valence-electron chi connectivity index (χ1n) is 16.9. The van der Waals surface area contributed by atoms with Crippen LogP contribution in [0.5, 0.6) is 0 Å². The van der Waals surface area contributed by atoms with Crippen LogP contribution in [0, 0.1) is 17.8 Å². The second kappa shape index (κ2) is 17.2. The van der Waals surface area contributed by atoms with Gasteiger partial charge in [0.1, 0.15) is 5.83 Å². The van der Waals surface area contributed by atoms with E-state index in [2.05, 4.69) is 4.72 Å². The van der Waals surface area contributed by atoms with E-state index in [1.807, 2.05) is 55.5 Å². The molecule has 0 spiro atoms. The van der Waals surface area contributed by atoms with Crippen LogP contribution >= 0.6 is 0 Å². The molecule has 0 bridgehead atoms. The highest BCUT2D eigenvalue weighted by Crippen LogP contribution is 2.46. The Balaban J connectivity index is 1.44. The fourth-order valence-corrected chi connectivity index (χ4v) is 7.23. The van der Waals surface area contributed by atoms with E-state index in [9.17, 15) is 32.3 Å². The maximum Gasteiger partial charge on any atom is 0.317 e. The fraction of sp³-hybridized carbons (Fsp3) is 0.486. The van der Waals surface area contributed by atoms with E-state index in [1.165, 1.54) is 6.08 Å². The van der Waals surface area contributed by atoms with Gasteiger partial charge in [-0.15, -0.1) is 0 Å². The van der Waals surface area contributed by atoms with Crippen molar-refractivity contribution in [3.05, 3.63) is 88.8 Å². The van der Waals surface area contributed by atoms with E-state index in [1.54, 1.807) is 11.0 Å². The zero-order valence-corrected chi connectivity index (χ0v) is 28.9. The number of benzene rings is 2. The lowest BCUT2D eigenvalue weighted by Gasteiger charge is -2.48. The van der Waals surface area contributed by atoms with Crippen LogP contribution in [0.15, 0.2) is 72.1 Å². The predicted octanol–water partition coefficient (Wildman–Crippen LogP) is 5.72. The van der Waals surface area contributed by atoms with Gasteiger partial charge >= 0.3 is 11.9 Å². The third kappa shape index (κ3) is 10.6. The van der Waals surface area contributed by atoms with Crippen LogP contribution in [0.1, 0.15) is 81.0 Å². The molecule has 4 unspecified atom stereocenters. The first-order valence-corrected chi connectivity index (χ1v) is 18.8. The number of unbranched alkanes of at least 4 members (excludes halogenated alkanes) is 2. The number of β-lactam (4-membered cyclic amide) rings is 1. The van der Waals surface area contributed by atoms with E-state index in [0.29, 0.717) is 45.1 Å². The van der Waals surface area contributed by atoms with Crippen molar-refractivity contribution in [3.63, 3.8) is 0 Å². The summed E-state index contributed by atoms with van der Waals surface area (Å²) in [5, 5.41) is 29.2. The van der Waals surface area contributed by atoms with Gasteiger partial charge in [-0.1, -0.05) is 55.8 Å². The van der Waals surface area contributed by atoms with Crippen LogP contribution < -0.4 is 9.62 Å². The number of aliphatic carboxylic acids is 2. The summed E-state index contributed by atoms with van der Waals surface area (Å²) in [6, 6.07) is 15.5. The average Bonchev–Trinajstić information content (AvgIpc) is 3.03. The number of hydrogen-bond acceptors (Lipinski definition) is 6. The molecule has 49 heavy (non-hydrogen) atoms. The number of rotatable bonds is 19. The Morgan fingerprint density at radius 2 is 1.51 bits per heavy atom. The van der Waals surface area contributed by atoms with Crippen LogP contribution in [-0.2, 0) is 37.2 Å². The highest BCUT2D eigenvalue weighted by atomic mass is 32.2. The van der Waals surface area contributed by atoms with Crippen molar-refractivity contribution in [1.82, 2.24) is 4.72 Å². The third-order valence-electron chi connectivity index (χ3n) is 9.47. The van der Waals surface area contributed by atoms with Gasteiger partial charge in [-0.05, 0) is 97.8 Å². The summed E-state index contributed by atoms with van der Waals surface area (Å²) in [5.74, 6) is -4.80. The number of sulfonamides is 1. The minimum Gasteiger partial charge on any atom is -0.481 e. The highest BCUT2D eigenvalue weighted by molar-refractivity contribution is 7.88. The molecule has 0 saturated carbocycles. The molecule has 1 aliphatic heterocycles. The van der Waals surface area contributed by atoms with Crippen molar-refractivity contribution >= 4 is 33.6 Å². The summed E-state index contributed by atoms with van der Waals surface area (Å²) < 4.78 is 38.8. The zero-order valence-electron chi connectivity index (χ0n) is 28.1. The average molecular weight is 699 g/mol. The minimum absolute atomic E-state index is 0.0381. The molecule has 1 aliphatic carbocycles. The standard InChI is InChI=1S/C37H47FN2O8S/c1-24-23-28(38)16-19-30(24)33(41)21-20-31-34(27-14-10-25(11-15-27)7-3-4-9-32(36(43)44)37(45)46)40(35(31)42)29-17-12-26(13-18-29)8-5-6-22-39-49(2,47)48/h10-19,24,31-34,39,41H,3-9,20-23H2,1-2H3,(H,43,44)(H,45,46). The molecular weight excluding hydrogens is 651 g/mol. The number of carbonyl (C=O) groups is 3.